The lowest BCUT2D eigenvalue weighted by Crippen LogP contribution is -2.42. The van der Waals surface area contributed by atoms with E-state index in [4.69, 9.17) is 9.29 Å². The van der Waals surface area contributed by atoms with Gasteiger partial charge in [-0.1, -0.05) is 12.1 Å². The summed E-state index contributed by atoms with van der Waals surface area (Å²) in [4.78, 5) is 23.2. The van der Waals surface area contributed by atoms with Crippen LogP contribution in [0.1, 0.15) is 24.3 Å². The quantitative estimate of drug-likeness (QED) is 0.691. The van der Waals surface area contributed by atoms with Gasteiger partial charge in [0, 0.05) is 25.5 Å². The average molecular weight is 406 g/mol. The van der Waals surface area contributed by atoms with Crippen molar-refractivity contribution in [2.45, 2.75) is 18.8 Å². The molecule has 0 saturated carbocycles. The molecule has 3 rings (SSSR count). The summed E-state index contributed by atoms with van der Waals surface area (Å²) in [6, 6.07) is 8.70. The first-order valence-corrected chi connectivity index (χ1v) is 10.3. The van der Waals surface area contributed by atoms with Crippen LogP contribution in [-0.4, -0.2) is 49.0 Å². The third kappa shape index (κ3) is 4.96. The monoisotopic (exact) mass is 406 g/mol. The van der Waals surface area contributed by atoms with Gasteiger partial charge in [0.25, 0.3) is 0 Å². The Kier molecular flexibility index (Phi) is 6.10. The highest BCUT2D eigenvalue weighted by molar-refractivity contribution is 7.84. The zero-order chi connectivity index (χ0) is 20.1. The van der Waals surface area contributed by atoms with Crippen molar-refractivity contribution in [1.82, 2.24) is 14.7 Å². The SMILES string of the molecule is COc1cccc(C(C(=O)NS(=O)(=O)O)C2CCN(c3ncccn3)CC2)c1. The van der Waals surface area contributed by atoms with Crippen molar-refractivity contribution in [1.29, 1.82) is 0 Å². The number of benzene rings is 1. The predicted molar refractivity (Wildman–Crippen MR) is 102 cm³/mol. The molecule has 0 aliphatic carbocycles. The maximum absolute atomic E-state index is 12.7. The molecule has 150 valence electrons. The van der Waals surface area contributed by atoms with E-state index in [1.54, 1.807) is 47.4 Å². The molecule has 1 aromatic heterocycles. The van der Waals surface area contributed by atoms with Gasteiger partial charge < -0.3 is 9.64 Å². The summed E-state index contributed by atoms with van der Waals surface area (Å²) in [6.45, 7) is 1.27. The van der Waals surface area contributed by atoms with Crippen LogP contribution < -0.4 is 14.4 Å². The van der Waals surface area contributed by atoms with Crippen LogP contribution in [-0.2, 0) is 15.1 Å². The Bertz CT molecular complexity index is 915. The van der Waals surface area contributed by atoms with Gasteiger partial charge in [-0.15, -0.1) is 0 Å². The number of amides is 1. The fourth-order valence-corrected chi connectivity index (χ4v) is 3.93. The van der Waals surface area contributed by atoms with Crippen LogP contribution in [0.2, 0.25) is 0 Å². The molecule has 1 saturated heterocycles. The lowest BCUT2D eigenvalue weighted by atomic mass is 9.79. The van der Waals surface area contributed by atoms with Gasteiger partial charge in [0.1, 0.15) is 5.75 Å². The molecule has 0 spiro atoms. The van der Waals surface area contributed by atoms with Gasteiger partial charge >= 0.3 is 10.3 Å². The van der Waals surface area contributed by atoms with E-state index in [0.717, 1.165) is 0 Å². The summed E-state index contributed by atoms with van der Waals surface area (Å²) >= 11 is 0. The minimum atomic E-state index is -4.65. The third-order valence-corrected chi connectivity index (χ3v) is 5.27. The normalized spacial score (nSPS) is 16.4. The van der Waals surface area contributed by atoms with Crippen molar-refractivity contribution in [2.75, 3.05) is 25.1 Å². The zero-order valence-corrected chi connectivity index (χ0v) is 16.2. The molecule has 1 fully saturated rings. The first-order chi connectivity index (χ1) is 13.4. The molecular weight excluding hydrogens is 384 g/mol. The van der Waals surface area contributed by atoms with Gasteiger partial charge in [0.2, 0.25) is 11.9 Å². The van der Waals surface area contributed by atoms with E-state index in [-0.39, 0.29) is 5.92 Å². The lowest BCUT2D eigenvalue weighted by Gasteiger charge is -2.35. The van der Waals surface area contributed by atoms with Crippen molar-refractivity contribution in [3.63, 3.8) is 0 Å². The standard InChI is InChI=1S/C18H22N4O5S/c1-27-15-5-2-4-14(12-15)16(17(23)21-28(24,25)26)13-6-10-22(11-7-13)18-19-8-3-9-20-18/h2-5,8-9,12-13,16H,6-7,10-11H2,1H3,(H,21,23)(H,24,25,26). The van der Waals surface area contributed by atoms with E-state index >= 15 is 0 Å². The van der Waals surface area contributed by atoms with E-state index in [2.05, 4.69) is 9.97 Å². The number of ether oxygens (including phenoxy) is 1. The Morgan fingerprint density at radius 1 is 1.25 bits per heavy atom. The fourth-order valence-electron chi connectivity index (χ4n) is 3.55. The van der Waals surface area contributed by atoms with Crippen LogP contribution in [0.3, 0.4) is 0 Å². The largest absolute Gasteiger partial charge is 0.497 e. The summed E-state index contributed by atoms with van der Waals surface area (Å²) in [5.74, 6) is -0.423. The predicted octanol–water partition coefficient (Wildman–Crippen LogP) is 1.40. The fraction of sp³-hybridized carbons (Fsp3) is 0.389. The van der Waals surface area contributed by atoms with Crippen molar-refractivity contribution >= 4 is 22.2 Å². The van der Waals surface area contributed by atoms with Gasteiger partial charge in [0.15, 0.2) is 0 Å². The van der Waals surface area contributed by atoms with Gasteiger partial charge in [-0.2, -0.15) is 8.42 Å². The number of piperidine rings is 1. The van der Waals surface area contributed by atoms with E-state index < -0.39 is 22.1 Å². The number of aromatic nitrogens is 2. The molecule has 0 bridgehead atoms. The number of rotatable bonds is 6. The summed E-state index contributed by atoms with van der Waals surface area (Å²) in [5, 5.41) is 0. The Hall–Kier alpha value is -2.72. The van der Waals surface area contributed by atoms with E-state index in [9.17, 15) is 13.2 Å². The molecule has 1 aliphatic rings. The number of nitrogens with one attached hydrogen (secondary N) is 1. The lowest BCUT2D eigenvalue weighted by molar-refractivity contribution is -0.122. The summed E-state index contributed by atoms with van der Waals surface area (Å²) < 4.78 is 38.4. The molecule has 2 heterocycles. The molecule has 1 unspecified atom stereocenters. The molecular formula is C18H22N4O5S. The number of nitrogens with zero attached hydrogens (tertiary/aromatic N) is 3. The number of carbonyl (C=O) groups excluding carboxylic acids is 1. The summed E-state index contributed by atoms with van der Waals surface area (Å²) in [7, 11) is -3.13. The number of methoxy groups -OCH3 is 1. The summed E-state index contributed by atoms with van der Waals surface area (Å²) in [5.41, 5.74) is 0.634. The van der Waals surface area contributed by atoms with Crippen molar-refractivity contribution in [3.05, 3.63) is 48.3 Å². The highest BCUT2D eigenvalue weighted by Crippen LogP contribution is 2.35. The van der Waals surface area contributed by atoms with Crippen LogP contribution in [0, 0.1) is 5.92 Å². The highest BCUT2D eigenvalue weighted by atomic mass is 32.2. The molecule has 1 aliphatic heterocycles. The second-order valence-electron chi connectivity index (χ2n) is 6.57. The minimum absolute atomic E-state index is 0.117. The molecule has 9 nitrogen and oxygen atoms in total. The highest BCUT2D eigenvalue weighted by Gasteiger charge is 2.34. The third-order valence-electron chi connectivity index (χ3n) is 4.81. The minimum Gasteiger partial charge on any atom is -0.497 e. The summed E-state index contributed by atoms with van der Waals surface area (Å²) in [6.07, 6.45) is 4.62. The number of anilines is 1. The second kappa shape index (κ2) is 8.53. The van der Waals surface area contributed by atoms with Crippen molar-refractivity contribution < 1.29 is 22.5 Å². The molecule has 2 N–H and O–H groups in total. The Labute approximate surface area is 163 Å². The Morgan fingerprint density at radius 3 is 2.54 bits per heavy atom. The second-order valence-corrected chi connectivity index (χ2v) is 7.72. The van der Waals surface area contributed by atoms with Gasteiger partial charge in [-0.25, -0.2) is 14.7 Å². The molecule has 1 amide bonds. The maximum atomic E-state index is 12.7. The average Bonchev–Trinajstić information content (AvgIpc) is 2.68. The number of hydrogen-bond acceptors (Lipinski definition) is 7. The van der Waals surface area contributed by atoms with Crippen LogP contribution >= 0.6 is 0 Å². The van der Waals surface area contributed by atoms with Crippen LogP contribution in [0.15, 0.2) is 42.7 Å². The van der Waals surface area contributed by atoms with E-state index in [1.807, 2.05) is 4.90 Å². The molecule has 2 aromatic rings. The van der Waals surface area contributed by atoms with E-state index in [1.165, 1.54) is 7.11 Å². The van der Waals surface area contributed by atoms with Crippen molar-refractivity contribution in [2.24, 2.45) is 5.92 Å². The Balaban J connectivity index is 1.82. The molecule has 1 aromatic carbocycles. The van der Waals surface area contributed by atoms with Crippen LogP contribution in [0.25, 0.3) is 0 Å². The number of hydrogen-bond donors (Lipinski definition) is 2. The molecule has 1 atom stereocenters. The van der Waals surface area contributed by atoms with Crippen LogP contribution in [0.5, 0.6) is 5.75 Å². The van der Waals surface area contributed by atoms with Crippen LogP contribution in [0.4, 0.5) is 5.95 Å². The zero-order valence-electron chi connectivity index (χ0n) is 15.4. The smallest absolute Gasteiger partial charge is 0.359 e. The van der Waals surface area contributed by atoms with Gasteiger partial charge in [-0.3, -0.25) is 9.35 Å². The van der Waals surface area contributed by atoms with Gasteiger partial charge in [-0.05, 0) is 42.5 Å². The Morgan fingerprint density at radius 2 is 1.93 bits per heavy atom. The first kappa shape index (κ1) is 20.0. The maximum Gasteiger partial charge on any atom is 0.359 e. The van der Waals surface area contributed by atoms with E-state index in [0.29, 0.717) is 43.2 Å². The molecule has 28 heavy (non-hydrogen) atoms. The molecule has 10 heteroatoms. The number of carbonyl (C=O) groups is 1. The molecule has 0 radical (unpaired) electrons. The topological polar surface area (TPSA) is 122 Å². The first-order valence-electron chi connectivity index (χ1n) is 8.82. The van der Waals surface area contributed by atoms with Crippen molar-refractivity contribution in [3.8, 4) is 5.75 Å². The van der Waals surface area contributed by atoms with Gasteiger partial charge in [0.05, 0.1) is 13.0 Å².